The molecule has 7 nitrogen and oxygen atoms in total. The minimum atomic E-state index is -0.765. The van der Waals surface area contributed by atoms with Gasteiger partial charge in [0, 0.05) is 18.9 Å². The third-order valence-corrected chi connectivity index (χ3v) is 3.59. The van der Waals surface area contributed by atoms with Crippen LogP contribution in [0.1, 0.15) is 50.6 Å². The van der Waals surface area contributed by atoms with Crippen LogP contribution in [0, 0.1) is 5.82 Å². The van der Waals surface area contributed by atoms with E-state index in [0.29, 0.717) is 23.5 Å². The number of nitrogens with zero attached hydrogens (tertiary/aromatic N) is 3. The fourth-order valence-electron chi connectivity index (χ4n) is 2.46. The molecule has 0 spiro atoms. The summed E-state index contributed by atoms with van der Waals surface area (Å²) in [7, 11) is 0. The minimum absolute atomic E-state index is 0.194. The average molecular weight is 332 g/mol. The van der Waals surface area contributed by atoms with Crippen LogP contribution in [0.2, 0.25) is 0 Å². The number of amides is 1. The molecule has 1 atom stereocenters. The monoisotopic (exact) mass is 332 g/mol. The van der Waals surface area contributed by atoms with Crippen LogP contribution in [0.15, 0.2) is 33.9 Å². The standard InChI is InChI=1S/C16H17FN4O3/c1-9(22)19-16(2,3)15-18-14(24-21-15)13-8-12(20-23-13)10-5-4-6-11(17)7-10/h4-7,13H,8H2,1-3H3,(H,19,22). The Labute approximate surface area is 137 Å². The Hall–Kier alpha value is -2.77. The van der Waals surface area contributed by atoms with E-state index in [-0.39, 0.29) is 17.6 Å². The first-order valence-corrected chi connectivity index (χ1v) is 7.46. The van der Waals surface area contributed by atoms with Crippen LogP contribution in [0.3, 0.4) is 0 Å². The molecule has 1 aliphatic rings. The van der Waals surface area contributed by atoms with Gasteiger partial charge in [0.2, 0.25) is 12.0 Å². The molecule has 24 heavy (non-hydrogen) atoms. The Balaban J connectivity index is 1.73. The van der Waals surface area contributed by atoms with Gasteiger partial charge in [0.05, 0.1) is 11.3 Å². The second-order valence-electron chi connectivity index (χ2n) is 6.11. The fourth-order valence-corrected chi connectivity index (χ4v) is 2.46. The quantitative estimate of drug-likeness (QED) is 0.929. The summed E-state index contributed by atoms with van der Waals surface area (Å²) in [4.78, 5) is 20.9. The number of hydrogen-bond acceptors (Lipinski definition) is 6. The van der Waals surface area contributed by atoms with E-state index in [1.807, 2.05) is 0 Å². The van der Waals surface area contributed by atoms with Gasteiger partial charge in [-0.3, -0.25) is 4.79 Å². The highest BCUT2D eigenvalue weighted by Crippen LogP contribution is 2.29. The molecule has 1 unspecified atom stereocenters. The van der Waals surface area contributed by atoms with Gasteiger partial charge in [-0.2, -0.15) is 4.98 Å². The third-order valence-electron chi connectivity index (χ3n) is 3.59. The number of aromatic nitrogens is 2. The first-order chi connectivity index (χ1) is 11.3. The van der Waals surface area contributed by atoms with Crippen LogP contribution in [-0.4, -0.2) is 21.8 Å². The van der Waals surface area contributed by atoms with Crippen LogP contribution in [0.25, 0.3) is 0 Å². The number of nitrogens with one attached hydrogen (secondary N) is 1. The molecule has 0 fully saturated rings. The summed E-state index contributed by atoms with van der Waals surface area (Å²) in [5, 5.41) is 10.6. The third kappa shape index (κ3) is 3.27. The maximum absolute atomic E-state index is 13.3. The normalized spacial score (nSPS) is 17.3. The zero-order valence-electron chi connectivity index (χ0n) is 13.5. The van der Waals surface area contributed by atoms with Gasteiger partial charge < -0.3 is 14.7 Å². The first-order valence-electron chi connectivity index (χ1n) is 7.46. The summed E-state index contributed by atoms with van der Waals surface area (Å²) in [5.74, 6) is 0.0741. The van der Waals surface area contributed by atoms with Crippen molar-refractivity contribution in [3.05, 3.63) is 47.4 Å². The highest BCUT2D eigenvalue weighted by molar-refractivity contribution is 6.01. The van der Waals surface area contributed by atoms with E-state index in [9.17, 15) is 9.18 Å². The lowest BCUT2D eigenvalue weighted by molar-refractivity contribution is -0.120. The minimum Gasteiger partial charge on any atom is -0.382 e. The number of rotatable bonds is 4. The molecule has 0 saturated heterocycles. The molecule has 0 saturated carbocycles. The number of oxime groups is 1. The lowest BCUT2D eigenvalue weighted by atomic mass is 10.0. The van der Waals surface area contributed by atoms with Gasteiger partial charge in [-0.05, 0) is 26.0 Å². The van der Waals surface area contributed by atoms with Gasteiger partial charge in [-0.15, -0.1) is 0 Å². The molecule has 1 aromatic carbocycles. The SMILES string of the molecule is CC(=O)NC(C)(C)c1noc(C2CC(c3cccc(F)c3)=NO2)n1. The van der Waals surface area contributed by atoms with E-state index in [0.717, 1.165) is 0 Å². The molecule has 1 amide bonds. The Morgan fingerprint density at radius 2 is 2.21 bits per heavy atom. The summed E-state index contributed by atoms with van der Waals surface area (Å²) in [6.45, 7) is 4.96. The molecule has 1 N–H and O–H groups in total. The fraction of sp³-hybridized carbons (Fsp3) is 0.375. The van der Waals surface area contributed by atoms with Crippen molar-refractivity contribution >= 4 is 11.6 Å². The van der Waals surface area contributed by atoms with Gasteiger partial charge in [-0.1, -0.05) is 22.4 Å². The summed E-state index contributed by atoms with van der Waals surface area (Å²) >= 11 is 0. The number of carbonyl (C=O) groups is 1. The van der Waals surface area contributed by atoms with E-state index in [2.05, 4.69) is 20.6 Å². The van der Waals surface area contributed by atoms with Gasteiger partial charge in [0.25, 0.3) is 5.89 Å². The van der Waals surface area contributed by atoms with Crippen molar-refractivity contribution in [1.29, 1.82) is 0 Å². The smallest absolute Gasteiger partial charge is 0.271 e. The van der Waals surface area contributed by atoms with Gasteiger partial charge >= 0.3 is 0 Å². The first kappa shape index (κ1) is 16.1. The zero-order chi connectivity index (χ0) is 17.3. The number of carbonyl (C=O) groups excluding carboxylic acids is 1. The molecule has 1 aliphatic heterocycles. The Bertz CT molecular complexity index is 800. The predicted molar refractivity (Wildman–Crippen MR) is 82.5 cm³/mol. The van der Waals surface area contributed by atoms with Crippen LogP contribution in [-0.2, 0) is 15.2 Å². The van der Waals surface area contributed by atoms with E-state index < -0.39 is 11.6 Å². The van der Waals surface area contributed by atoms with Gasteiger partial charge in [0.15, 0.2) is 5.82 Å². The topological polar surface area (TPSA) is 89.6 Å². The Kier molecular flexibility index (Phi) is 4.04. The maximum Gasteiger partial charge on any atom is 0.271 e. The summed E-state index contributed by atoms with van der Waals surface area (Å²) in [6, 6.07) is 6.13. The van der Waals surface area contributed by atoms with Crippen molar-refractivity contribution < 1.29 is 18.5 Å². The zero-order valence-corrected chi connectivity index (χ0v) is 13.5. The summed E-state index contributed by atoms with van der Waals surface area (Å²) in [6.07, 6.45) is -0.135. The molecule has 2 heterocycles. The number of benzene rings is 1. The molecule has 126 valence electrons. The molecule has 3 rings (SSSR count). The highest BCUT2D eigenvalue weighted by atomic mass is 19.1. The van der Waals surface area contributed by atoms with Crippen LogP contribution in [0.5, 0.6) is 0 Å². The van der Waals surface area contributed by atoms with Crippen LogP contribution >= 0.6 is 0 Å². The van der Waals surface area contributed by atoms with Crippen LogP contribution < -0.4 is 5.32 Å². The second kappa shape index (κ2) is 6.03. The Morgan fingerprint density at radius 1 is 1.42 bits per heavy atom. The van der Waals surface area contributed by atoms with Crippen molar-refractivity contribution in [1.82, 2.24) is 15.5 Å². The molecule has 0 aliphatic carbocycles. The molecule has 2 aromatic rings. The van der Waals surface area contributed by atoms with E-state index in [1.54, 1.807) is 26.0 Å². The van der Waals surface area contributed by atoms with Crippen molar-refractivity contribution in [2.75, 3.05) is 0 Å². The lowest BCUT2D eigenvalue weighted by Gasteiger charge is -2.20. The van der Waals surface area contributed by atoms with E-state index in [4.69, 9.17) is 9.36 Å². The number of hydrogen-bond donors (Lipinski definition) is 1. The highest BCUT2D eigenvalue weighted by Gasteiger charge is 2.33. The summed E-state index contributed by atoms with van der Waals surface area (Å²) < 4.78 is 18.5. The molecular formula is C16H17FN4O3. The molecule has 8 heteroatoms. The van der Waals surface area contributed by atoms with Gasteiger partial charge in [0.1, 0.15) is 5.82 Å². The van der Waals surface area contributed by atoms with Crippen LogP contribution in [0.4, 0.5) is 4.39 Å². The van der Waals surface area contributed by atoms with Crippen molar-refractivity contribution in [2.45, 2.75) is 38.8 Å². The summed E-state index contributed by atoms with van der Waals surface area (Å²) in [5.41, 5.74) is 0.495. The van der Waals surface area contributed by atoms with Gasteiger partial charge in [-0.25, -0.2) is 4.39 Å². The molecule has 1 aromatic heterocycles. The molecule has 0 bridgehead atoms. The Morgan fingerprint density at radius 3 is 2.92 bits per heavy atom. The number of halogens is 1. The maximum atomic E-state index is 13.3. The largest absolute Gasteiger partial charge is 0.382 e. The van der Waals surface area contributed by atoms with E-state index >= 15 is 0 Å². The lowest BCUT2D eigenvalue weighted by Crippen LogP contribution is -2.40. The molecular weight excluding hydrogens is 315 g/mol. The molecule has 0 radical (unpaired) electrons. The van der Waals surface area contributed by atoms with Crippen molar-refractivity contribution in [3.63, 3.8) is 0 Å². The van der Waals surface area contributed by atoms with Crippen molar-refractivity contribution in [2.24, 2.45) is 5.16 Å². The second-order valence-corrected chi connectivity index (χ2v) is 6.11. The van der Waals surface area contributed by atoms with Crippen molar-refractivity contribution in [3.8, 4) is 0 Å². The average Bonchev–Trinajstić information content (AvgIpc) is 3.15. The van der Waals surface area contributed by atoms with E-state index in [1.165, 1.54) is 19.1 Å². The predicted octanol–water partition coefficient (Wildman–Crippen LogP) is 2.45.